The zero-order chi connectivity index (χ0) is 20.0. The molecule has 1 N–H and O–H groups in total. The summed E-state index contributed by atoms with van der Waals surface area (Å²) in [6.45, 7) is 5.79. The molecule has 2 aromatic carbocycles. The van der Waals surface area contributed by atoms with Crippen LogP contribution in [0.15, 0.2) is 42.5 Å². The molecule has 0 aliphatic rings. The van der Waals surface area contributed by atoms with Crippen molar-refractivity contribution in [1.82, 2.24) is 0 Å². The van der Waals surface area contributed by atoms with Crippen molar-refractivity contribution in [3.05, 3.63) is 59.4 Å². The average molecular weight is 373 g/mol. The summed E-state index contributed by atoms with van der Waals surface area (Å²) in [4.78, 5) is 24.0. The van der Waals surface area contributed by atoms with Gasteiger partial charge in [-0.2, -0.15) is 0 Å². The van der Waals surface area contributed by atoms with Crippen LogP contribution in [0.1, 0.15) is 31.9 Å². The first-order valence-electron chi connectivity index (χ1n) is 8.57. The van der Waals surface area contributed by atoms with Gasteiger partial charge < -0.3 is 14.8 Å². The monoisotopic (exact) mass is 373 g/mol. The quantitative estimate of drug-likeness (QED) is 0.781. The Morgan fingerprint density at radius 2 is 1.74 bits per heavy atom. The molecule has 6 heteroatoms. The SMILES string of the molecule is COc1ccc(C(C)(C)C)cc1NC(=O)COC(=O)Cc1ccc(F)cc1. The molecule has 5 nitrogen and oxygen atoms in total. The van der Waals surface area contributed by atoms with E-state index in [9.17, 15) is 14.0 Å². The molecule has 0 bridgehead atoms. The number of amides is 1. The van der Waals surface area contributed by atoms with Crippen LogP contribution in [-0.2, 0) is 26.2 Å². The molecule has 2 aromatic rings. The van der Waals surface area contributed by atoms with Crippen molar-refractivity contribution in [1.29, 1.82) is 0 Å². The molecule has 0 atom stereocenters. The summed E-state index contributed by atoms with van der Waals surface area (Å²) in [7, 11) is 1.52. The lowest BCUT2D eigenvalue weighted by atomic mass is 9.87. The summed E-state index contributed by atoms with van der Waals surface area (Å²) in [5, 5.41) is 2.71. The van der Waals surface area contributed by atoms with E-state index < -0.39 is 18.5 Å². The van der Waals surface area contributed by atoms with E-state index in [1.54, 1.807) is 6.07 Å². The summed E-state index contributed by atoms with van der Waals surface area (Å²) in [6.07, 6.45) is -0.0314. The fraction of sp³-hybridized carbons (Fsp3) is 0.333. The number of benzene rings is 2. The van der Waals surface area contributed by atoms with Gasteiger partial charge in [0, 0.05) is 0 Å². The molecule has 0 aliphatic heterocycles. The lowest BCUT2D eigenvalue weighted by Crippen LogP contribution is -2.22. The van der Waals surface area contributed by atoms with Crippen LogP contribution in [0.5, 0.6) is 5.75 Å². The maximum Gasteiger partial charge on any atom is 0.310 e. The number of rotatable bonds is 6. The van der Waals surface area contributed by atoms with Crippen LogP contribution in [0, 0.1) is 5.82 Å². The zero-order valence-electron chi connectivity index (χ0n) is 16.0. The van der Waals surface area contributed by atoms with Crippen molar-refractivity contribution < 1.29 is 23.5 Å². The minimum Gasteiger partial charge on any atom is -0.495 e. The van der Waals surface area contributed by atoms with E-state index in [0.717, 1.165) is 5.56 Å². The molecular weight excluding hydrogens is 349 g/mol. The lowest BCUT2D eigenvalue weighted by molar-refractivity contribution is -0.146. The second-order valence-corrected chi connectivity index (χ2v) is 7.18. The summed E-state index contributed by atoms with van der Waals surface area (Å²) >= 11 is 0. The van der Waals surface area contributed by atoms with Crippen LogP contribution >= 0.6 is 0 Å². The second kappa shape index (κ2) is 8.66. The van der Waals surface area contributed by atoms with Crippen molar-refractivity contribution in [2.24, 2.45) is 0 Å². The number of hydrogen-bond donors (Lipinski definition) is 1. The maximum atomic E-state index is 12.9. The van der Waals surface area contributed by atoms with Gasteiger partial charge in [-0.1, -0.05) is 39.0 Å². The van der Waals surface area contributed by atoms with Gasteiger partial charge in [0.05, 0.1) is 19.2 Å². The molecule has 0 fully saturated rings. The first-order chi connectivity index (χ1) is 12.7. The Bertz CT molecular complexity index is 810. The van der Waals surface area contributed by atoms with Gasteiger partial charge in [-0.25, -0.2) is 4.39 Å². The second-order valence-electron chi connectivity index (χ2n) is 7.18. The van der Waals surface area contributed by atoms with Crippen LogP contribution in [0.3, 0.4) is 0 Å². The Labute approximate surface area is 158 Å². The fourth-order valence-electron chi connectivity index (χ4n) is 2.42. The number of hydrogen-bond acceptors (Lipinski definition) is 4. The van der Waals surface area contributed by atoms with Gasteiger partial charge in [0.1, 0.15) is 11.6 Å². The van der Waals surface area contributed by atoms with E-state index in [0.29, 0.717) is 17.0 Å². The summed E-state index contributed by atoms with van der Waals surface area (Å²) in [6, 6.07) is 11.1. The third-order valence-corrected chi connectivity index (χ3v) is 3.97. The van der Waals surface area contributed by atoms with E-state index in [4.69, 9.17) is 9.47 Å². The molecule has 0 saturated heterocycles. The maximum absolute atomic E-state index is 12.9. The molecule has 144 valence electrons. The Hall–Kier alpha value is -2.89. The van der Waals surface area contributed by atoms with Crippen LogP contribution in [-0.4, -0.2) is 25.6 Å². The van der Waals surface area contributed by atoms with Gasteiger partial charge in [0.15, 0.2) is 6.61 Å². The zero-order valence-corrected chi connectivity index (χ0v) is 16.0. The molecule has 0 aromatic heterocycles. The molecule has 27 heavy (non-hydrogen) atoms. The molecule has 0 spiro atoms. The normalized spacial score (nSPS) is 11.0. The molecule has 1 amide bonds. The molecule has 0 unspecified atom stereocenters. The van der Waals surface area contributed by atoms with Gasteiger partial charge in [-0.15, -0.1) is 0 Å². The van der Waals surface area contributed by atoms with Crippen molar-refractivity contribution in [2.45, 2.75) is 32.6 Å². The first kappa shape index (κ1) is 20.4. The van der Waals surface area contributed by atoms with Gasteiger partial charge >= 0.3 is 5.97 Å². The van der Waals surface area contributed by atoms with Crippen molar-refractivity contribution >= 4 is 17.6 Å². The largest absolute Gasteiger partial charge is 0.495 e. The highest BCUT2D eigenvalue weighted by atomic mass is 19.1. The van der Waals surface area contributed by atoms with Gasteiger partial charge in [0.2, 0.25) is 0 Å². The highest BCUT2D eigenvalue weighted by molar-refractivity contribution is 5.94. The van der Waals surface area contributed by atoms with E-state index in [1.165, 1.54) is 31.4 Å². The standard InChI is InChI=1S/C21H24FNO4/c1-21(2,3)15-7-10-18(26-4)17(12-15)23-19(24)13-27-20(25)11-14-5-8-16(22)9-6-14/h5-10,12H,11,13H2,1-4H3,(H,23,24). The van der Waals surface area contributed by atoms with E-state index in [-0.39, 0.29) is 17.7 Å². The molecule has 0 radical (unpaired) electrons. The number of nitrogens with one attached hydrogen (secondary N) is 1. The molecule has 0 aliphatic carbocycles. The summed E-state index contributed by atoms with van der Waals surface area (Å²) in [5.41, 5.74) is 2.07. The smallest absolute Gasteiger partial charge is 0.310 e. The predicted octanol–water partition coefficient (Wildman–Crippen LogP) is 3.86. The minimum absolute atomic E-state index is 0.0314. The number of carbonyl (C=O) groups excluding carboxylic acids is 2. The third kappa shape index (κ3) is 6.09. The van der Waals surface area contributed by atoms with Crippen LogP contribution in [0.2, 0.25) is 0 Å². The Kier molecular flexibility index (Phi) is 6.55. The topological polar surface area (TPSA) is 64.6 Å². The first-order valence-corrected chi connectivity index (χ1v) is 8.57. The van der Waals surface area contributed by atoms with Crippen molar-refractivity contribution in [3.63, 3.8) is 0 Å². The van der Waals surface area contributed by atoms with Crippen LogP contribution in [0.25, 0.3) is 0 Å². The number of methoxy groups -OCH3 is 1. The Morgan fingerprint density at radius 3 is 2.33 bits per heavy atom. The third-order valence-electron chi connectivity index (χ3n) is 3.97. The Balaban J connectivity index is 1.95. The fourth-order valence-corrected chi connectivity index (χ4v) is 2.42. The number of anilines is 1. The van der Waals surface area contributed by atoms with Crippen LogP contribution in [0.4, 0.5) is 10.1 Å². The van der Waals surface area contributed by atoms with E-state index in [1.807, 2.05) is 12.1 Å². The Morgan fingerprint density at radius 1 is 1.07 bits per heavy atom. The van der Waals surface area contributed by atoms with Gasteiger partial charge in [-0.3, -0.25) is 9.59 Å². The van der Waals surface area contributed by atoms with Gasteiger partial charge in [-0.05, 0) is 40.8 Å². The molecular formula is C21H24FNO4. The number of esters is 1. The predicted molar refractivity (Wildman–Crippen MR) is 101 cm³/mol. The van der Waals surface area contributed by atoms with E-state index >= 15 is 0 Å². The highest BCUT2D eigenvalue weighted by Gasteiger charge is 2.17. The molecule has 2 rings (SSSR count). The lowest BCUT2D eigenvalue weighted by Gasteiger charge is -2.21. The average Bonchev–Trinajstić information content (AvgIpc) is 2.61. The highest BCUT2D eigenvalue weighted by Crippen LogP contribution is 2.31. The number of halogens is 1. The van der Waals surface area contributed by atoms with Crippen LogP contribution < -0.4 is 10.1 Å². The van der Waals surface area contributed by atoms with E-state index in [2.05, 4.69) is 26.1 Å². The number of ether oxygens (including phenoxy) is 2. The summed E-state index contributed by atoms with van der Waals surface area (Å²) < 4.78 is 23.1. The summed E-state index contributed by atoms with van der Waals surface area (Å²) in [5.74, 6) is -0.883. The molecule has 0 saturated carbocycles. The molecule has 0 heterocycles. The number of carbonyl (C=O) groups is 2. The van der Waals surface area contributed by atoms with Crippen molar-refractivity contribution in [3.8, 4) is 5.75 Å². The van der Waals surface area contributed by atoms with Gasteiger partial charge in [0.25, 0.3) is 5.91 Å². The van der Waals surface area contributed by atoms with Crippen molar-refractivity contribution in [2.75, 3.05) is 19.0 Å². The minimum atomic E-state index is -0.563.